The largest absolute Gasteiger partial charge is 0.483 e. The van der Waals surface area contributed by atoms with E-state index in [2.05, 4.69) is 5.10 Å². The number of alkyl halides is 3. The van der Waals surface area contributed by atoms with E-state index in [-0.39, 0.29) is 11.5 Å². The molecule has 0 saturated heterocycles. The van der Waals surface area contributed by atoms with E-state index in [0.717, 1.165) is 21.4 Å². The number of aromatic nitrogens is 2. The predicted octanol–water partition coefficient (Wildman–Crippen LogP) is 5.68. The van der Waals surface area contributed by atoms with Crippen LogP contribution in [0, 0.1) is 12.7 Å². The number of aliphatic hydroxyl groups excluding tert-OH is 1. The molecule has 4 aromatic rings. The molecule has 5 nitrogen and oxygen atoms in total. The molecule has 3 atom stereocenters. The minimum Gasteiger partial charge on any atom is -0.483 e. The third-order valence-electron chi connectivity index (χ3n) is 6.07. The third-order valence-corrected chi connectivity index (χ3v) is 6.07. The Bertz CT molecular complexity index is 1350. The molecule has 0 aliphatic carbocycles. The molecule has 1 aliphatic rings. The number of aliphatic hydroxyl groups is 1. The first kappa shape index (κ1) is 22.2. The van der Waals surface area contributed by atoms with Crippen LogP contribution in [0.3, 0.4) is 0 Å². The monoisotopic (exact) mass is 471 g/mol. The number of rotatable bonds is 4. The average molecular weight is 471 g/mol. The molecule has 3 aromatic carbocycles. The van der Waals surface area contributed by atoms with Crippen molar-refractivity contribution in [2.45, 2.75) is 38.4 Å². The highest BCUT2D eigenvalue weighted by atomic mass is 19.4. The summed E-state index contributed by atoms with van der Waals surface area (Å²) < 4.78 is 61.3. The lowest BCUT2D eigenvalue weighted by Gasteiger charge is -2.32. The van der Waals surface area contributed by atoms with Gasteiger partial charge in [-0.1, -0.05) is 17.7 Å². The molecule has 1 aliphatic heterocycles. The number of anilines is 1. The maximum absolute atomic E-state index is 13.4. The van der Waals surface area contributed by atoms with Crippen molar-refractivity contribution in [2.75, 3.05) is 4.90 Å². The van der Waals surface area contributed by atoms with Crippen LogP contribution in [0.15, 0.2) is 66.9 Å². The van der Waals surface area contributed by atoms with Gasteiger partial charge < -0.3 is 14.7 Å². The minimum atomic E-state index is -4.81. The van der Waals surface area contributed by atoms with Gasteiger partial charge in [-0.25, -0.2) is 9.07 Å². The van der Waals surface area contributed by atoms with E-state index in [1.165, 1.54) is 12.1 Å². The number of benzene rings is 3. The Morgan fingerprint density at radius 2 is 1.76 bits per heavy atom. The standard InChI is InChI=1S/C25H21F4N3O2/c1-14-3-9-22-20(11-14)23(15(2)31(22)24(33)25(27,28)29)34-19-8-10-21-16(12-19)13-30-32(21)18-6-4-17(26)5-7-18/h3-13,15,23-24,33H,1-2H3/t15-,23-,24?/m0/s1. The molecule has 0 spiro atoms. The second-order valence-electron chi connectivity index (χ2n) is 8.42. The Kier molecular flexibility index (Phi) is 5.24. The van der Waals surface area contributed by atoms with Gasteiger partial charge in [0.1, 0.15) is 17.7 Å². The van der Waals surface area contributed by atoms with Crippen molar-refractivity contribution in [3.63, 3.8) is 0 Å². The number of ether oxygens (including phenoxy) is 1. The maximum Gasteiger partial charge on any atom is 0.433 e. The van der Waals surface area contributed by atoms with Crippen LogP contribution in [-0.2, 0) is 0 Å². The normalized spacial score (nSPS) is 18.9. The van der Waals surface area contributed by atoms with Crippen LogP contribution in [-0.4, -0.2) is 33.3 Å². The van der Waals surface area contributed by atoms with Crippen LogP contribution in [0.5, 0.6) is 5.75 Å². The third kappa shape index (κ3) is 3.75. The molecule has 0 saturated carbocycles. The van der Waals surface area contributed by atoms with E-state index in [4.69, 9.17) is 4.74 Å². The SMILES string of the molecule is Cc1ccc2c(c1)[C@@H](Oc1ccc3c(cnn3-c3ccc(F)cc3)c1)[C@H](C)N2C(O)C(F)(F)F. The Morgan fingerprint density at radius 3 is 2.47 bits per heavy atom. The highest BCUT2D eigenvalue weighted by molar-refractivity contribution is 5.81. The molecule has 2 heterocycles. The first-order chi connectivity index (χ1) is 16.1. The Morgan fingerprint density at radius 1 is 1.03 bits per heavy atom. The Hall–Kier alpha value is -3.59. The summed E-state index contributed by atoms with van der Waals surface area (Å²) in [6.45, 7) is 3.45. The molecule has 1 N–H and O–H groups in total. The van der Waals surface area contributed by atoms with E-state index in [1.807, 2.05) is 6.92 Å². The summed E-state index contributed by atoms with van der Waals surface area (Å²) in [7, 11) is 0. The first-order valence-corrected chi connectivity index (χ1v) is 10.7. The zero-order valence-electron chi connectivity index (χ0n) is 18.3. The van der Waals surface area contributed by atoms with Gasteiger partial charge in [0.15, 0.2) is 0 Å². The molecule has 1 unspecified atom stereocenters. The van der Waals surface area contributed by atoms with E-state index < -0.39 is 24.6 Å². The zero-order chi connectivity index (χ0) is 24.2. The highest BCUT2D eigenvalue weighted by Gasteiger charge is 2.50. The van der Waals surface area contributed by atoms with Crippen molar-refractivity contribution in [3.05, 3.63) is 83.8 Å². The fraction of sp³-hybridized carbons (Fsp3) is 0.240. The summed E-state index contributed by atoms with van der Waals surface area (Å²) >= 11 is 0. The molecule has 0 amide bonds. The molecule has 0 fully saturated rings. The quantitative estimate of drug-likeness (QED) is 0.389. The molecule has 0 bridgehead atoms. The average Bonchev–Trinajstić information content (AvgIpc) is 3.32. The van der Waals surface area contributed by atoms with Crippen molar-refractivity contribution in [1.82, 2.24) is 9.78 Å². The summed E-state index contributed by atoms with van der Waals surface area (Å²) in [6, 6.07) is 15.5. The number of fused-ring (bicyclic) bond motifs is 2. The van der Waals surface area contributed by atoms with Crippen molar-refractivity contribution in [1.29, 1.82) is 0 Å². The van der Waals surface area contributed by atoms with Crippen LogP contribution in [0.25, 0.3) is 16.6 Å². The number of halogens is 4. The lowest BCUT2D eigenvalue weighted by Crippen LogP contribution is -2.49. The van der Waals surface area contributed by atoms with E-state index in [1.54, 1.807) is 66.3 Å². The highest BCUT2D eigenvalue weighted by Crippen LogP contribution is 2.45. The van der Waals surface area contributed by atoms with Gasteiger partial charge in [0.2, 0.25) is 6.23 Å². The Balaban J connectivity index is 1.48. The van der Waals surface area contributed by atoms with Crippen LogP contribution in [0.2, 0.25) is 0 Å². The molecule has 9 heteroatoms. The van der Waals surface area contributed by atoms with Gasteiger partial charge in [-0.3, -0.25) is 0 Å². The Labute approximate surface area is 192 Å². The van der Waals surface area contributed by atoms with Crippen LogP contribution in [0.4, 0.5) is 23.2 Å². The van der Waals surface area contributed by atoms with Crippen LogP contribution in [0.1, 0.15) is 24.2 Å². The van der Waals surface area contributed by atoms with Gasteiger partial charge in [-0.15, -0.1) is 0 Å². The molecular weight excluding hydrogens is 450 g/mol. The van der Waals surface area contributed by atoms with Gasteiger partial charge in [0.25, 0.3) is 0 Å². The fourth-order valence-corrected chi connectivity index (χ4v) is 4.46. The lowest BCUT2D eigenvalue weighted by atomic mass is 10.0. The second-order valence-corrected chi connectivity index (χ2v) is 8.42. The molecule has 176 valence electrons. The smallest absolute Gasteiger partial charge is 0.433 e. The van der Waals surface area contributed by atoms with Gasteiger partial charge in [0.05, 0.1) is 23.4 Å². The lowest BCUT2D eigenvalue weighted by molar-refractivity contribution is -0.205. The van der Waals surface area contributed by atoms with Crippen LogP contribution >= 0.6 is 0 Å². The summed E-state index contributed by atoms with van der Waals surface area (Å²) in [5.74, 6) is 0.112. The van der Waals surface area contributed by atoms with Crippen molar-refractivity contribution >= 4 is 16.6 Å². The first-order valence-electron chi connectivity index (χ1n) is 10.7. The van der Waals surface area contributed by atoms with Gasteiger partial charge in [-0.2, -0.15) is 18.3 Å². The summed E-state index contributed by atoms with van der Waals surface area (Å²) in [5.41, 5.74) is 3.20. The van der Waals surface area contributed by atoms with E-state index in [9.17, 15) is 22.7 Å². The maximum atomic E-state index is 13.4. The van der Waals surface area contributed by atoms with Gasteiger partial charge in [0, 0.05) is 16.6 Å². The topological polar surface area (TPSA) is 50.5 Å². The number of hydrogen-bond acceptors (Lipinski definition) is 4. The van der Waals surface area contributed by atoms with Crippen molar-refractivity contribution in [3.8, 4) is 11.4 Å². The molecule has 0 radical (unpaired) electrons. The number of nitrogens with zero attached hydrogens (tertiary/aromatic N) is 3. The molecule has 5 rings (SSSR count). The fourth-order valence-electron chi connectivity index (χ4n) is 4.46. The predicted molar refractivity (Wildman–Crippen MR) is 120 cm³/mol. The number of hydrogen-bond donors (Lipinski definition) is 1. The second kappa shape index (κ2) is 8.02. The summed E-state index contributed by atoms with van der Waals surface area (Å²) in [6.07, 6.45) is -6.54. The van der Waals surface area contributed by atoms with E-state index >= 15 is 0 Å². The van der Waals surface area contributed by atoms with Crippen molar-refractivity contribution < 1.29 is 27.4 Å². The van der Waals surface area contributed by atoms with E-state index in [0.29, 0.717) is 17.0 Å². The number of aryl methyl sites for hydroxylation is 1. The zero-order valence-corrected chi connectivity index (χ0v) is 18.3. The summed E-state index contributed by atoms with van der Waals surface area (Å²) in [4.78, 5) is 0.949. The molecule has 1 aromatic heterocycles. The van der Waals surface area contributed by atoms with Crippen LogP contribution < -0.4 is 9.64 Å². The van der Waals surface area contributed by atoms with Gasteiger partial charge >= 0.3 is 6.18 Å². The molecular formula is C25H21F4N3O2. The molecule has 34 heavy (non-hydrogen) atoms. The minimum absolute atomic E-state index is 0.290. The summed E-state index contributed by atoms with van der Waals surface area (Å²) in [5, 5.41) is 15.2. The van der Waals surface area contributed by atoms with Crippen molar-refractivity contribution in [2.24, 2.45) is 0 Å². The van der Waals surface area contributed by atoms with Gasteiger partial charge in [-0.05, 0) is 62.4 Å².